The quantitative estimate of drug-likeness (QED) is 0.818. The summed E-state index contributed by atoms with van der Waals surface area (Å²) in [5.74, 6) is -0.0756. The Morgan fingerprint density at radius 2 is 1.85 bits per heavy atom. The molecule has 1 heterocycles. The minimum Gasteiger partial charge on any atom is -0.360 e. The molecular weight excluding hydrogens is 268 g/mol. The van der Waals surface area contributed by atoms with Gasteiger partial charge in [0, 0.05) is 16.8 Å². The smallest absolute Gasteiger partial charge is 0.263 e. The summed E-state index contributed by atoms with van der Waals surface area (Å²) < 4.78 is 0. The first-order valence-electron chi connectivity index (χ1n) is 6.34. The highest BCUT2D eigenvalue weighted by Gasteiger charge is 2.20. The van der Waals surface area contributed by atoms with Gasteiger partial charge in [-0.3, -0.25) is 4.79 Å². The van der Waals surface area contributed by atoms with E-state index in [0.29, 0.717) is 4.91 Å². The topological polar surface area (TPSA) is 41.1 Å². The van der Waals surface area contributed by atoms with Gasteiger partial charge in [0.2, 0.25) is 0 Å². The number of amides is 1. The third kappa shape index (κ3) is 2.70. The Morgan fingerprint density at radius 3 is 2.65 bits per heavy atom. The van der Waals surface area contributed by atoms with Crippen molar-refractivity contribution in [3.8, 4) is 0 Å². The SMILES string of the molecule is Cc1ccc(N/C=C2\Sc3ccccc3NC2=O)cc1. The molecule has 4 heteroatoms. The Labute approximate surface area is 122 Å². The number of fused-ring (bicyclic) bond motifs is 1. The maximum atomic E-state index is 12.0. The number of para-hydroxylation sites is 1. The zero-order chi connectivity index (χ0) is 13.9. The number of nitrogens with one attached hydrogen (secondary N) is 2. The number of carbonyl (C=O) groups excluding carboxylic acids is 1. The van der Waals surface area contributed by atoms with E-state index in [1.54, 1.807) is 6.20 Å². The minimum absolute atomic E-state index is 0.0756. The number of rotatable bonds is 2. The van der Waals surface area contributed by atoms with Gasteiger partial charge in [0.05, 0.1) is 10.6 Å². The summed E-state index contributed by atoms with van der Waals surface area (Å²) in [6.07, 6.45) is 1.75. The molecule has 20 heavy (non-hydrogen) atoms. The summed E-state index contributed by atoms with van der Waals surface area (Å²) in [6, 6.07) is 15.8. The fourth-order valence-corrected chi connectivity index (χ4v) is 2.78. The van der Waals surface area contributed by atoms with Crippen LogP contribution in [0.25, 0.3) is 0 Å². The molecule has 0 aromatic heterocycles. The highest BCUT2D eigenvalue weighted by atomic mass is 32.2. The van der Waals surface area contributed by atoms with Gasteiger partial charge in [-0.05, 0) is 31.2 Å². The van der Waals surface area contributed by atoms with Crippen molar-refractivity contribution in [3.05, 3.63) is 65.2 Å². The van der Waals surface area contributed by atoms with E-state index in [-0.39, 0.29) is 5.91 Å². The Morgan fingerprint density at radius 1 is 1.10 bits per heavy atom. The van der Waals surface area contributed by atoms with Crippen molar-refractivity contribution in [1.82, 2.24) is 0 Å². The average molecular weight is 282 g/mol. The van der Waals surface area contributed by atoms with Crippen LogP contribution in [0.3, 0.4) is 0 Å². The van der Waals surface area contributed by atoms with Crippen LogP contribution in [0, 0.1) is 6.92 Å². The molecule has 3 rings (SSSR count). The van der Waals surface area contributed by atoms with Crippen LogP contribution < -0.4 is 10.6 Å². The lowest BCUT2D eigenvalue weighted by molar-refractivity contribution is -0.112. The number of benzene rings is 2. The van der Waals surface area contributed by atoms with Gasteiger partial charge in [0.15, 0.2) is 0 Å². The number of anilines is 2. The van der Waals surface area contributed by atoms with Gasteiger partial charge in [-0.1, -0.05) is 41.6 Å². The maximum absolute atomic E-state index is 12.0. The predicted molar refractivity (Wildman–Crippen MR) is 83.8 cm³/mol. The minimum atomic E-state index is -0.0756. The zero-order valence-corrected chi connectivity index (χ0v) is 11.8. The first kappa shape index (κ1) is 12.8. The summed E-state index contributed by atoms with van der Waals surface area (Å²) in [7, 11) is 0. The Balaban J connectivity index is 1.79. The molecule has 2 N–H and O–H groups in total. The zero-order valence-electron chi connectivity index (χ0n) is 11.0. The maximum Gasteiger partial charge on any atom is 0.263 e. The van der Waals surface area contributed by atoms with E-state index < -0.39 is 0 Å². The van der Waals surface area contributed by atoms with Crippen LogP contribution in [-0.2, 0) is 4.79 Å². The van der Waals surface area contributed by atoms with Crippen molar-refractivity contribution in [2.75, 3.05) is 10.6 Å². The van der Waals surface area contributed by atoms with E-state index in [2.05, 4.69) is 10.6 Å². The first-order chi connectivity index (χ1) is 9.72. The van der Waals surface area contributed by atoms with Crippen molar-refractivity contribution in [3.63, 3.8) is 0 Å². The first-order valence-corrected chi connectivity index (χ1v) is 7.15. The molecule has 0 unspecified atom stereocenters. The largest absolute Gasteiger partial charge is 0.360 e. The molecule has 0 atom stereocenters. The van der Waals surface area contributed by atoms with Crippen LogP contribution >= 0.6 is 11.8 Å². The number of hydrogen-bond acceptors (Lipinski definition) is 3. The van der Waals surface area contributed by atoms with E-state index in [1.807, 2.05) is 55.5 Å². The van der Waals surface area contributed by atoms with Gasteiger partial charge in [-0.2, -0.15) is 0 Å². The fourth-order valence-electron chi connectivity index (χ4n) is 1.90. The third-order valence-corrected chi connectivity index (χ3v) is 4.10. The highest BCUT2D eigenvalue weighted by molar-refractivity contribution is 8.04. The normalized spacial score (nSPS) is 15.7. The standard InChI is InChI=1S/C16H14N2OS/c1-11-6-8-12(9-7-11)17-10-15-16(19)18-13-4-2-3-5-14(13)20-15/h2-10,17H,1H3,(H,18,19)/b15-10-. The van der Waals surface area contributed by atoms with Crippen molar-refractivity contribution in [2.45, 2.75) is 11.8 Å². The van der Waals surface area contributed by atoms with Crippen LogP contribution in [0.1, 0.15) is 5.56 Å². The van der Waals surface area contributed by atoms with E-state index >= 15 is 0 Å². The summed E-state index contributed by atoms with van der Waals surface area (Å²) in [6.45, 7) is 2.05. The molecule has 1 amide bonds. The van der Waals surface area contributed by atoms with Crippen LogP contribution in [0.5, 0.6) is 0 Å². The number of thioether (sulfide) groups is 1. The lowest BCUT2D eigenvalue weighted by Gasteiger charge is -2.18. The molecule has 0 saturated carbocycles. The molecule has 0 fully saturated rings. The molecule has 2 aromatic rings. The number of hydrogen-bond donors (Lipinski definition) is 2. The molecule has 100 valence electrons. The summed E-state index contributed by atoms with van der Waals surface area (Å²) in [5, 5.41) is 6.05. The average Bonchev–Trinajstić information content (AvgIpc) is 2.47. The summed E-state index contributed by atoms with van der Waals surface area (Å²) in [5.41, 5.74) is 3.05. The molecule has 1 aliphatic rings. The molecule has 2 aromatic carbocycles. The Bertz CT molecular complexity index is 677. The molecule has 1 aliphatic heterocycles. The highest BCUT2D eigenvalue weighted by Crippen LogP contribution is 2.37. The van der Waals surface area contributed by atoms with Gasteiger partial charge < -0.3 is 10.6 Å². The monoisotopic (exact) mass is 282 g/mol. The lowest BCUT2D eigenvalue weighted by Crippen LogP contribution is -2.17. The van der Waals surface area contributed by atoms with Gasteiger partial charge in [0.1, 0.15) is 0 Å². The second-order valence-corrected chi connectivity index (χ2v) is 5.66. The Hall–Kier alpha value is -2.20. The number of aryl methyl sites for hydroxylation is 1. The summed E-state index contributed by atoms with van der Waals surface area (Å²) in [4.78, 5) is 13.7. The van der Waals surface area contributed by atoms with Crippen LogP contribution in [0.4, 0.5) is 11.4 Å². The number of carbonyl (C=O) groups is 1. The fraction of sp³-hybridized carbons (Fsp3) is 0.0625. The second kappa shape index (κ2) is 5.43. The molecule has 0 aliphatic carbocycles. The van der Waals surface area contributed by atoms with Gasteiger partial charge in [-0.25, -0.2) is 0 Å². The molecule has 0 spiro atoms. The molecule has 0 radical (unpaired) electrons. The van der Waals surface area contributed by atoms with Crippen molar-refractivity contribution in [2.24, 2.45) is 0 Å². The van der Waals surface area contributed by atoms with Crippen LogP contribution in [0.15, 0.2) is 64.5 Å². The van der Waals surface area contributed by atoms with Gasteiger partial charge >= 0.3 is 0 Å². The summed E-state index contributed by atoms with van der Waals surface area (Å²) >= 11 is 1.47. The predicted octanol–water partition coefficient (Wildman–Crippen LogP) is 3.99. The van der Waals surface area contributed by atoms with Crippen molar-refractivity contribution < 1.29 is 4.79 Å². The van der Waals surface area contributed by atoms with Gasteiger partial charge in [0.25, 0.3) is 5.91 Å². The second-order valence-electron chi connectivity index (χ2n) is 4.57. The Kier molecular flexibility index (Phi) is 3.48. The third-order valence-electron chi connectivity index (χ3n) is 3.00. The van der Waals surface area contributed by atoms with Crippen molar-refractivity contribution in [1.29, 1.82) is 0 Å². The van der Waals surface area contributed by atoms with E-state index in [4.69, 9.17) is 0 Å². The van der Waals surface area contributed by atoms with Gasteiger partial charge in [-0.15, -0.1) is 0 Å². The molecule has 0 bridgehead atoms. The van der Waals surface area contributed by atoms with E-state index in [0.717, 1.165) is 16.3 Å². The van der Waals surface area contributed by atoms with Crippen LogP contribution in [-0.4, -0.2) is 5.91 Å². The van der Waals surface area contributed by atoms with E-state index in [9.17, 15) is 4.79 Å². The molecule has 0 saturated heterocycles. The lowest BCUT2D eigenvalue weighted by atomic mass is 10.2. The van der Waals surface area contributed by atoms with E-state index in [1.165, 1.54) is 17.3 Å². The molecular formula is C16H14N2OS. The molecule has 3 nitrogen and oxygen atoms in total. The van der Waals surface area contributed by atoms with Crippen molar-refractivity contribution >= 4 is 29.0 Å². The van der Waals surface area contributed by atoms with Crippen LogP contribution in [0.2, 0.25) is 0 Å².